The standard InChI is InChI=1S/C13H22N2O2S/c1-4-13(2)12(17)14-10(9-5-6-9)11(16)15(13)7-8-18-3/h9-10H,4-8H2,1-3H3,(H,14,17). The molecular weight excluding hydrogens is 248 g/mol. The highest BCUT2D eigenvalue weighted by Gasteiger charge is 2.51. The second kappa shape index (κ2) is 5.11. The Morgan fingerprint density at radius 3 is 2.61 bits per heavy atom. The molecule has 2 fully saturated rings. The molecule has 1 aliphatic heterocycles. The van der Waals surface area contributed by atoms with Crippen molar-refractivity contribution in [1.82, 2.24) is 10.2 Å². The third kappa shape index (κ3) is 2.25. The Hall–Kier alpha value is -0.710. The summed E-state index contributed by atoms with van der Waals surface area (Å²) in [6, 6.07) is -0.265. The fraction of sp³-hybridized carbons (Fsp3) is 0.846. The monoisotopic (exact) mass is 270 g/mol. The van der Waals surface area contributed by atoms with Gasteiger partial charge in [-0.1, -0.05) is 6.92 Å². The normalized spacial score (nSPS) is 32.6. The third-order valence-electron chi connectivity index (χ3n) is 4.20. The van der Waals surface area contributed by atoms with Crippen LogP contribution in [-0.2, 0) is 9.59 Å². The molecule has 1 aliphatic carbocycles. The van der Waals surface area contributed by atoms with Crippen molar-refractivity contribution in [3.05, 3.63) is 0 Å². The Kier molecular flexibility index (Phi) is 3.90. The van der Waals surface area contributed by atoms with Gasteiger partial charge in [-0.2, -0.15) is 11.8 Å². The molecule has 5 heteroatoms. The summed E-state index contributed by atoms with van der Waals surface area (Å²) in [6.07, 6.45) is 4.82. The van der Waals surface area contributed by atoms with Crippen molar-refractivity contribution in [3.63, 3.8) is 0 Å². The summed E-state index contributed by atoms with van der Waals surface area (Å²) in [5.74, 6) is 1.39. The van der Waals surface area contributed by atoms with E-state index >= 15 is 0 Å². The lowest BCUT2D eigenvalue weighted by Crippen LogP contribution is -2.70. The lowest BCUT2D eigenvalue weighted by atomic mass is 9.89. The Balaban J connectivity index is 2.20. The molecule has 0 spiro atoms. The highest BCUT2D eigenvalue weighted by molar-refractivity contribution is 7.98. The van der Waals surface area contributed by atoms with Gasteiger partial charge in [0.25, 0.3) is 0 Å². The maximum absolute atomic E-state index is 12.5. The average Bonchev–Trinajstić information content (AvgIpc) is 3.18. The van der Waals surface area contributed by atoms with Gasteiger partial charge in [0.1, 0.15) is 11.6 Å². The minimum Gasteiger partial charge on any atom is -0.342 e. The van der Waals surface area contributed by atoms with Crippen LogP contribution < -0.4 is 5.32 Å². The van der Waals surface area contributed by atoms with Crippen LogP contribution in [0.2, 0.25) is 0 Å². The highest BCUT2D eigenvalue weighted by Crippen LogP contribution is 2.37. The zero-order valence-electron chi connectivity index (χ0n) is 11.4. The number of hydrogen-bond acceptors (Lipinski definition) is 3. The van der Waals surface area contributed by atoms with Gasteiger partial charge in [-0.05, 0) is 38.4 Å². The first kappa shape index (κ1) is 13.7. The van der Waals surface area contributed by atoms with Gasteiger partial charge in [0.05, 0.1) is 0 Å². The number of amides is 2. The van der Waals surface area contributed by atoms with Crippen molar-refractivity contribution in [2.75, 3.05) is 18.6 Å². The third-order valence-corrected chi connectivity index (χ3v) is 4.80. The van der Waals surface area contributed by atoms with Crippen LogP contribution in [0.5, 0.6) is 0 Å². The molecule has 2 rings (SSSR count). The van der Waals surface area contributed by atoms with Gasteiger partial charge < -0.3 is 10.2 Å². The van der Waals surface area contributed by atoms with Crippen molar-refractivity contribution in [1.29, 1.82) is 0 Å². The summed E-state index contributed by atoms with van der Waals surface area (Å²) < 4.78 is 0. The number of piperazine rings is 1. The number of carbonyl (C=O) groups excluding carboxylic acids is 2. The lowest BCUT2D eigenvalue weighted by molar-refractivity contribution is -0.156. The molecule has 1 saturated carbocycles. The van der Waals surface area contributed by atoms with E-state index in [9.17, 15) is 9.59 Å². The smallest absolute Gasteiger partial charge is 0.246 e. The SMILES string of the molecule is CCC1(C)C(=O)NC(C2CC2)C(=O)N1CCSC. The maximum Gasteiger partial charge on any atom is 0.246 e. The molecule has 2 atom stereocenters. The van der Waals surface area contributed by atoms with Crippen LogP contribution in [0.1, 0.15) is 33.1 Å². The fourth-order valence-electron chi connectivity index (χ4n) is 2.53. The topological polar surface area (TPSA) is 49.4 Å². The molecule has 1 saturated heterocycles. The highest BCUT2D eigenvalue weighted by atomic mass is 32.2. The average molecular weight is 270 g/mol. The van der Waals surface area contributed by atoms with Crippen molar-refractivity contribution in [2.24, 2.45) is 5.92 Å². The van der Waals surface area contributed by atoms with Gasteiger partial charge in [-0.3, -0.25) is 9.59 Å². The molecule has 0 aromatic heterocycles. The molecule has 0 bridgehead atoms. The Labute approximate surface area is 113 Å². The van der Waals surface area contributed by atoms with Crippen molar-refractivity contribution in [2.45, 2.75) is 44.7 Å². The molecule has 0 aromatic rings. The molecule has 0 aromatic carbocycles. The second-order valence-corrected chi connectivity index (χ2v) is 6.38. The predicted octanol–water partition coefficient (Wildman–Crippen LogP) is 1.26. The first-order chi connectivity index (χ1) is 8.54. The maximum atomic E-state index is 12.5. The van der Waals surface area contributed by atoms with Crippen LogP contribution in [-0.4, -0.2) is 46.8 Å². The fourth-order valence-corrected chi connectivity index (χ4v) is 2.90. The van der Waals surface area contributed by atoms with E-state index in [0.717, 1.165) is 18.6 Å². The molecule has 2 unspecified atom stereocenters. The summed E-state index contributed by atoms with van der Waals surface area (Å²) in [5.41, 5.74) is -0.668. The van der Waals surface area contributed by atoms with E-state index in [1.807, 2.05) is 25.0 Å². The minimum atomic E-state index is -0.668. The molecular formula is C13H22N2O2S. The number of thioether (sulfide) groups is 1. The van der Waals surface area contributed by atoms with E-state index in [1.54, 1.807) is 11.8 Å². The van der Waals surface area contributed by atoms with Crippen LogP contribution in [0.15, 0.2) is 0 Å². The van der Waals surface area contributed by atoms with E-state index in [1.165, 1.54) is 0 Å². The molecule has 4 nitrogen and oxygen atoms in total. The first-order valence-corrected chi connectivity index (χ1v) is 8.05. The molecule has 1 heterocycles. The zero-order chi connectivity index (χ0) is 13.3. The summed E-state index contributed by atoms with van der Waals surface area (Å²) in [5, 5.41) is 2.94. The molecule has 102 valence electrons. The number of nitrogens with one attached hydrogen (secondary N) is 1. The van der Waals surface area contributed by atoms with Crippen molar-refractivity contribution in [3.8, 4) is 0 Å². The minimum absolute atomic E-state index is 0.0163. The van der Waals surface area contributed by atoms with E-state index in [0.29, 0.717) is 18.9 Å². The molecule has 2 amide bonds. The van der Waals surface area contributed by atoms with Crippen LogP contribution in [0.3, 0.4) is 0 Å². The lowest BCUT2D eigenvalue weighted by Gasteiger charge is -2.46. The quantitative estimate of drug-likeness (QED) is 0.818. The van der Waals surface area contributed by atoms with Gasteiger partial charge in [0.15, 0.2) is 0 Å². The van der Waals surface area contributed by atoms with Gasteiger partial charge in [-0.25, -0.2) is 0 Å². The summed E-state index contributed by atoms with van der Waals surface area (Å²) >= 11 is 1.71. The predicted molar refractivity (Wildman–Crippen MR) is 73.4 cm³/mol. The van der Waals surface area contributed by atoms with E-state index < -0.39 is 5.54 Å². The van der Waals surface area contributed by atoms with Gasteiger partial charge >= 0.3 is 0 Å². The summed E-state index contributed by atoms with van der Waals surface area (Å²) in [6.45, 7) is 4.51. The molecule has 18 heavy (non-hydrogen) atoms. The first-order valence-electron chi connectivity index (χ1n) is 6.66. The summed E-state index contributed by atoms with van der Waals surface area (Å²) in [4.78, 5) is 26.6. The van der Waals surface area contributed by atoms with Crippen LogP contribution in [0.4, 0.5) is 0 Å². The van der Waals surface area contributed by atoms with E-state index in [4.69, 9.17) is 0 Å². The second-order valence-electron chi connectivity index (χ2n) is 5.40. The largest absolute Gasteiger partial charge is 0.342 e. The Morgan fingerprint density at radius 1 is 1.44 bits per heavy atom. The molecule has 2 aliphatic rings. The zero-order valence-corrected chi connectivity index (χ0v) is 12.2. The Bertz CT molecular complexity index is 357. The number of hydrogen-bond donors (Lipinski definition) is 1. The van der Waals surface area contributed by atoms with Gasteiger partial charge in [-0.15, -0.1) is 0 Å². The molecule has 0 radical (unpaired) electrons. The van der Waals surface area contributed by atoms with E-state index in [2.05, 4.69) is 5.32 Å². The Morgan fingerprint density at radius 2 is 2.11 bits per heavy atom. The van der Waals surface area contributed by atoms with Crippen LogP contribution >= 0.6 is 11.8 Å². The van der Waals surface area contributed by atoms with Crippen LogP contribution in [0, 0.1) is 5.92 Å². The van der Waals surface area contributed by atoms with Gasteiger partial charge in [0.2, 0.25) is 11.8 Å². The number of carbonyl (C=O) groups is 2. The van der Waals surface area contributed by atoms with Gasteiger partial charge in [0, 0.05) is 12.3 Å². The summed E-state index contributed by atoms with van der Waals surface area (Å²) in [7, 11) is 0. The van der Waals surface area contributed by atoms with Crippen molar-refractivity contribution >= 4 is 23.6 Å². The number of rotatable bonds is 5. The van der Waals surface area contributed by atoms with Crippen molar-refractivity contribution < 1.29 is 9.59 Å². The number of nitrogens with zero attached hydrogens (tertiary/aromatic N) is 1. The van der Waals surface area contributed by atoms with E-state index in [-0.39, 0.29) is 17.9 Å². The van der Waals surface area contributed by atoms with Crippen LogP contribution in [0.25, 0.3) is 0 Å². The molecule has 1 N–H and O–H groups in total.